The molecule has 1 atom stereocenters. The first kappa shape index (κ1) is 37.7. The van der Waals surface area contributed by atoms with Crippen molar-refractivity contribution in [3.8, 4) is 11.5 Å². The van der Waals surface area contributed by atoms with Crippen LogP contribution in [0.3, 0.4) is 0 Å². The first-order valence-electron chi connectivity index (χ1n) is 17.0. The van der Waals surface area contributed by atoms with Gasteiger partial charge >= 0.3 is 10.2 Å². The van der Waals surface area contributed by atoms with Gasteiger partial charge in [-0.2, -0.15) is 12.7 Å². The summed E-state index contributed by atoms with van der Waals surface area (Å²) in [6, 6.07) is 16.3. The van der Waals surface area contributed by atoms with Crippen molar-refractivity contribution < 1.29 is 32.2 Å². The van der Waals surface area contributed by atoms with Gasteiger partial charge in [0.15, 0.2) is 0 Å². The summed E-state index contributed by atoms with van der Waals surface area (Å²) in [5.74, 6) is 0.850. The van der Waals surface area contributed by atoms with Gasteiger partial charge in [-0.3, -0.25) is 9.59 Å². The van der Waals surface area contributed by atoms with Gasteiger partial charge in [0.25, 0.3) is 0 Å². The summed E-state index contributed by atoms with van der Waals surface area (Å²) in [4.78, 5) is 28.3. The minimum Gasteiger partial charge on any atom is -0.497 e. The highest BCUT2D eigenvalue weighted by Crippen LogP contribution is 2.45. The lowest BCUT2D eigenvalue weighted by atomic mass is 9.67. The molecule has 0 aromatic heterocycles. The minimum atomic E-state index is -3.80. The lowest BCUT2D eigenvalue weighted by molar-refractivity contribution is -0.140. The van der Waals surface area contributed by atoms with E-state index in [4.69, 9.17) is 14.2 Å². The molecule has 48 heavy (non-hydrogen) atoms. The van der Waals surface area contributed by atoms with Gasteiger partial charge in [-0.05, 0) is 94.2 Å². The number of benzene rings is 2. The van der Waals surface area contributed by atoms with Gasteiger partial charge in [0.1, 0.15) is 11.5 Å². The Kier molecular flexibility index (Phi) is 11.9. The number of methoxy groups -OCH3 is 1. The second-order valence-electron chi connectivity index (χ2n) is 15.3. The predicted octanol–water partition coefficient (Wildman–Crippen LogP) is 5.85. The Morgan fingerprint density at radius 2 is 1.56 bits per heavy atom. The van der Waals surface area contributed by atoms with E-state index in [-0.39, 0.29) is 28.9 Å². The van der Waals surface area contributed by atoms with E-state index in [1.165, 1.54) is 19.7 Å². The van der Waals surface area contributed by atoms with E-state index < -0.39 is 21.5 Å². The number of rotatable bonds is 12. The average Bonchev–Trinajstić information content (AvgIpc) is 3.02. The zero-order valence-corrected chi connectivity index (χ0v) is 30.8. The van der Waals surface area contributed by atoms with Crippen LogP contribution in [0, 0.1) is 11.3 Å². The summed E-state index contributed by atoms with van der Waals surface area (Å²) in [5, 5.41) is 0. The van der Waals surface area contributed by atoms with E-state index in [9.17, 15) is 18.0 Å². The number of amides is 2. The number of nitrogens with zero attached hydrogens (tertiary/aromatic N) is 2. The van der Waals surface area contributed by atoms with Crippen molar-refractivity contribution in [2.45, 2.75) is 103 Å². The molecule has 10 nitrogen and oxygen atoms in total. The van der Waals surface area contributed by atoms with E-state index in [1.54, 1.807) is 7.11 Å². The Morgan fingerprint density at radius 3 is 2.10 bits per heavy atom. The number of ether oxygens (including phenoxy) is 3. The second-order valence-corrected chi connectivity index (χ2v) is 17.1. The number of nitrogens with one attached hydrogen (secondary N) is 1. The maximum atomic E-state index is 13.8. The van der Waals surface area contributed by atoms with E-state index in [0.717, 1.165) is 40.6 Å². The fraction of sp³-hybridized carbons (Fsp3) is 0.622. The van der Waals surface area contributed by atoms with Crippen LogP contribution in [0.15, 0.2) is 48.5 Å². The van der Waals surface area contributed by atoms with Gasteiger partial charge in [-0.1, -0.05) is 45.0 Å². The van der Waals surface area contributed by atoms with Crippen LogP contribution in [-0.4, -0.2) is 75.5 Å². The Morgan fingerprint density at radius 1 is 0.958 bits per heavy atom. The molecule has 1 saturated heterocycles. The van der Waals surface area contributed by atoms with Gasteiger partial charge in [-0.15, -0.1) is 0 Å². The first-order chi connectivity index (χ1) is 22.4. The molecule has 2 aliphatic rings. The van der Waals surface area contributed by atoms with Crippen molar-refractivity contribution in [1.29, 1.82) is 0 Å². The quantitative estimate of drug-likeness (QED) is 0.298. The Labute approximate surface area is 287 Å². The van der Waals surface area contributed by atoms with Gasteiger partial charge in [-0.25, -0.2) is 4.72 Å². The van der Waals surface area contributed by atoms with Gasteiger partial charge < -0.3 is 19.1 Å². The van der Waals surface area contributed by atoms with Crippen LogP contribution >= 0.6 is 0 Å². The summed E-state index contributed by atoms with van der Waals surface area (Å²) >= 11 is 0. The summed E-state index contributed by atoms with van der Waals surface area (Å²) in [5.41, 5.74) is 1.33. The van der Waals surface area contributed by atoms with E-state index in [1.807, 2.05) is 62.1 Å². The fourth-order valence-electron chi connectivity index (χ4n) is 6.93. The largest absolute Gasteiger partial charge is 0.497 e. The summed E-state index contributed by atoms with van der Waals surface area (Å²) in [6.45, 7) is 12.0. The van der Waals surface area contributed by atoms with Gasteiger partial charge in [0.05, 0.1) is 18.8 Å². The van der Waals surface area contributed by atoms with Crippen LogP contribution in [0.25, 0.3) is 0 Å². The average molecular weight is 686 g/mol. The van der Waals surface area contributed by atoms with E-state index >= 15 is 0 Å². The van der Waals surface area contributed by atoms with E-state index in [0.29, 0.717) is 45.4 Å². The van der Waals surface area contributed by atoms with Crippen LogP contribution in [0.1, 0.15) is 90.7 Å². The van der Waals surface area contributed by atoms with Crippen LogP contribution in [0.4, 0.5) is 0 Å². The van der Waals surface area contributed by atoms with Gasteiger partial charge in [0, 0.05) is 50.5 Å². The standard InChI is InChI=1S/C37H55N3O7S/c1-35(2,3)34(42)40(23-21-37(22-24-46-36(4,5)26-37)29-13-19-30(45-8)20-14-29)25-27-9-15-31(16-10-27)47-32-17-11-28(12-18-32)33(41)38-48(43,44)39(6)7/h9-10,13-16,19-20,28,32H,11-12,17-18,21-26H2,1-8H3,(H,38,41). The molecule has 2 fully saturated rings. The summed E-state index contributed by atoms with van der Waals surface area (Å²) < 4.78 is 45.0. The number of carbonyl (C=O) groups excluding carboxylic acids is 2. The molecule has 11 heteroatoms. The molecule has 2 aromatic rings. The molecule has 1 heterocycles. The molecule has 4 rings (SSSR count). The smallest absolute Gasteiger partial charge is 0.303 e. The van der Waals surface area contributed by atoms with Crippen LogP contribution in [0.2, 0.25) is 0 Å². The van der Waals surface area contributed by atoms with Crippen LogP contribution in [-0.2, 0) is 36.5 Å². The molecule has 1 unspecified atom stereocenters. The van der Waals surface area contributed by atoms with Crippen molar-refractivity contribution in [2.24, 2.45) is 11.3 Å². The Bertz CT molecular complexity index is 1490. The third-order valence-corrected chi connectivity index (χ3v) is 11.1. The van der Waals surface area contributed by atoms with E-state index in [2.05, 4.69) is 30.7 Å². The summed E-state index contributed by atoms with van der Waals surface area (Å²) in [6.07, 6.45) is 4.94. The van der Waals surface area contributed by atoms with Crippen LogP contribution in [0.5, 0.6) is 11.5 Å². The molecule has 1 N–H and O–H groups in total. The predicted molar refractivity (Wildman–Crippen MR) is 187 cm³/mol. The molecule has 0 bridgehead atoms. The SMILES string of the molecule is COc1ccc(C2(CCN(Cc3ccc(OC4CCC(C(=O)NS(=O)(=O)N(C)C)CC4)cc3)C(=O)C(C)(C)C)CCOC(C)(C)C2)cc1. The highest BCUT2D eigenvalue weighted by Gasteiger charge is 2.43. The molecule has 2 amide bonds. The van der Waals surface area contributed by atoms with Crippen molar-refractivity contribution in [3.63, 3.8) is 0 Å². The van der Waals surface area contributed by atoms with Gasteiger partial charge in [0.2, 0.25) is 11.8 Å². The molecule has 2 aromatic carbocycles. The van der Waals surface area contributed by atoms with Crippen molar-refractivity contribution >= 4 is 22.0 Å². The molecule has 0 spiro atoms. The number of hydrogen-bond acceptors (Lipinski definition) is 7. The number of carbonyl (C=O) groups is 2. The maximum Gasteiger partial charge on any atom is 0.303 e. The molecular formula is C37H55N3O7S. The molecule has 1 aliphatic heterocycles. The van der Waals surface area contributed by atoms with Crippen LogP contribution < -0.4 is 14.2 Å². The first-order valence-corrected chi connectivity index (χ1v) is 18.4. The second kappa shape index (κ2) is 15.2. The fourth-order valence-corrected chi connectivity index (χ4v) is 7.54. The normalized spacial score (nSPS) is 22.9. The van der Waals surface area contributed by atoms with Crippen molar-refractivity contribution in [2.75, 3.05) is 34.4 Å². The molecule has 1 aliphatic carbocycles. The Balaban J connectivity index is 1.41. The topological polar surface area (TPSA) is 114 Å². The zero-order valence-electron chi connectivity index (χ0n) is 30.0. The highest BCUT2D eigenvalue weighted by atomic mass is 32.2. The molecule has 0 radical (unpaired) electrons. The minimum absolute atomic E-state index is 0.0535. The number of hydrogen-bond donors (Lipinski definition) is 1. The lowest BCUT2D eigenvalue weighted by Crippen LogP contribution is -2.47. The maximum absolute atomic E-state index is 13.8. The highest BCUT2D eigenvalue weighted by molar-refractivity contribution is 7.87. The third-order valence-electron chi connectivity index (χ3n) is 9.68. The molecule has 1 saturated carbocycles. The van der Waals surface area contributed by atoms with Crippen molar-refractivity contribution in [3.05, 3.63) is 59.7 Å². The summed E-state index contributed by atoms with van der Waals surface area (Å²) in [7, 11) is 0.651. The Hall–Kier alpha value is -3.15. The van der Waals surface area contributed by atoms with Crippen molar-refractivity contribution in [1.82, 2.24) is 13.9 Å². The third kappa shape index (κ3) is 9.72. The molecule has 266 valence electrons. The zero-order chi connectivity index (χ0) is 35.3. The molecular weight excluding hydrogens is 630 g/mol. The monoisotopic (exact) mass is 685 g/mol. The lowest BCUT2D eigenvalue weighted by Gasteiger charge is -2.46.